The smallest absolute Gasteiger partial charge is 0.328 e. The number of nitrogens with zero attached hydrogens (tertiary/aromatic N) is 1. The molecule has 13 heteroatoms. The van der Waals surface area contributed by atoms with Gasteiger partial charge < -0.3 is 20.1 Å². The van der Waals surface area contributed by atoms with E-state index < -0.39 is 51.8 Å². The zero-order valence-corrected chi connectivity index (χ0v) is 26.7. The topological polar surface area (TPSA) is 165 Å². The van der Waals surface area contributed by atoms with Gasteiger partial charge in [-0.1, -0.05) is 72.8 Å². The zero-order chi connectivity index (χ0) is 33.8. The molecule has 0 saturated heterocycles. The number of hydrogen-bond donors (Lipinski definition) is 2. The van der Waals surface area contributed by atoms with Gasteiger partial charge in [0.1, 0.15) is 30.2 Å². The molecule has 12 nitrogen and oxygen atoms in total. The third-order valence-electron chi connectivity index (χ3n) is 7.40. The normalized spacial score (nSPS) is 14.4. The highest BCUT2D eigenvalue weighted by molar-refractivity contribution is 7.90. The van der Waals surface area contributed by atoms with Crippen LogP contribution in [0.5, 0.6) is 0 Å². The summed E-state index contributed by atoms with van der Waals surface area (Å²) in [5, 5.41) is 5.13. The number of benzene rings is 3. The second-order valence-corrected chi connectivity index (χ2v) is 12.8. The summed E-state index contributed by atoms with van der Waals surface area (Å²) in [5.41, 5.74) is 1.67. The highest BCUT2D eigenvalue weighted by atomic mass is 32.2. The summed E-state index contributed by atoms with van der Waals surface area (Å²) in [5.74, 6) is -3.04. The summed E-state index contributed by atoms with van der Waals surface area (Å²) in [6.07, 6.45) is 0.218. The summed E-state index contributed by atoms with van der Waals surface area (Å²) < 4.78 is 36.9. The van der Waals surface area contributed by atoms with Crippen molar-refractivity contribution in [3.05, 3.63) is 102 Å². The fourth-order valence-corrected chi connectivity index (χ4v) is 6.43. The van der Waals surface area contributed by atoms with E-state index in [1.807, 2.05) is 36.4 Å². The van der Waals surface area contributed by atoms with Crippen molar-refractivity contribution >= 4 is 39.7 Å². The molecule has 0 bridgehead atoms. The lowest BCUT2D eigenvalue weighted by atomic mass is 10.1. The quantitative estimate of drug-likeness (QED) is 0.173. The summed E-state index contributed by atoms with van der Waals surface area (Å²) >= 11 is 0. The third-order valence-corrected chi connectivity index (χ3v) is 9.24. The Kier molecular flexibility index (Phi) is 12.2. The number of unbranched alkanes of at least 4 members (excludes halogenated alkanes) is 1. The van der Waals surface area contributed by atoms with E-state index in [1.54, 1.807) is 36.4 Å². The minimum Gasteiger partial charge on any atom is -0.461 e. The Balaban J connectivity index is 1.25. The average molecular weight is 664 g/mol. The molecule has 248 valence electrons. The number of amides is 3. The first kappa shape index (κ1) is 34.8. The van der Waals surface area contributed by atoms with Crippen LogP contribution < -0.4 is 10.6 Å². The third kappa shape index (κ3) is 9.72. The van der Waals surface area contributed by atoms with Gasteiger partial charge in [-0.2, -0.15) is 0 Å². The number of ether oxygens (including phenoxy) is 2. The Labute approximate surface area is 273 Å². The Morgan fingerprint density at radius 2 is 1.36 bits per heavy atom. The van der Waals surface area contributed by atoms with Gasteiger partial charge in [0.25, 0.3) is 15.9 Å². The fraction of sp³-hybridized carbons (Fsp3) is 0.324. The SMILES string of the molecule is C[C@H](NC(=O)CCCCN1C(=O)c2ccccc2S1(=O)=O)C(=O)N[C@H](CCC(=O)OCc1ccccc1)C(=O)OCc1ccccc1. The Hall–Kier alpha value is -5.04. The molecule has 3 aromatic carbocycles. The first-order chi connectivity index (χ1) is 22.6. The van der Waals surface area contributed by atoms with Crippen molar-refractivity contribution in [2.24, 2.45) is 0 Å². The highest BCUT2D eigenvalue weighted by Gasteiger charge is 2.40. The van der Waals surface area contributed by atoms with Crippen molar-refractivity contribution in [3.8, 4) is 0 Å². The maximum Gasteiger partial charge on any atom is 0.328 e. The number of nitrogens with one attached hydrogen (secondary N) is 2. The predicted octanol–water partition coefficient (Wildman–Crippen LogP) is 3.26. The molecule has 47 heavy (non-hydrogen) atoms. The lowest BCUT2D eigenvalue weighted by molar-refractivity contribution is -0.150. The van der Waals surface area contributed by atoms with Crippen molar-refractivity contribution in [1.82, 2.24) is 14.9 Å². The molecule has 0 saturated carbocycles. The molecule has 1 aliphatic rings. The van der Waals surface area contributed by atoms with Crippen LogP contribution >= 0.6 is 0 Å². The second kappa shape index (κ2) is 16.5. The van der Waals surface area contributed by atoms with Crippen molar-refractivity contribution < 1.29 is 41.9 Å². The number of carbonyl (C=O) groups is 5. The molecule has 0 unspecified atom stereocenters. The number of hydrogen-bond acceptors (Lipinski definition) is 9. The molecular formula is C34H37N3O9S. The summed E-state index contributed by atoms with van der Waals surface area (Å²) in [6, 6.07) is 21.8. The molecule has 0 aliphatic carbocycles. The van der Waals surface area contributed by atoms with Crippen molar-refractivity contribution in [2.75, 3.05) is 6.54 Å². The number of carbonyl (C=O) groups excluding carboxylic acids is 5. The molecule has 0 spiro atoms. The Morgan fingerprint density at radius 1 is 0.766 bits per heavy atom. The van der Waals surface area contributed by atoms with Crippen LogP contribution in [-0.2, 0) is 51.9 Å². The van der Waals surface area contributed by atoms with Crippen molar-refractivity contribution in [1.29, 1.82) is 0 Å². The molecular weight excluding hydrogens is 626 g/mol. The van der Waals surface area contributed by atoms with E-state index in [4.69, 9.17) is 9.47 Å². The monoisotopic (exact) mass is 663 g/mol. The van der Waals surface area contributed by atoms with Gasteiger partial charge >= 0.3 is 11.9 Å². The number of esters is 2. The first-order valence-electron chi connectivity index (χ1n) is 15.2. The van der Waals surface area contributed by atoms with Crippen LogP contribution in [-0.4, -0.2) is 61.0 Å². The Morgan fingerprint density at radius 3 is 2.00 bits per heavy atom. The van der Waals surface area contributed by atoms with Crippen LogP contribution in [0.2, 0.25) is 0 Å². The van der Waals surface area contributed by atoms with Crippen LogP contribution in [0.4, 0.5) is 0 Å². The van der Waals surface area contributed by atoms with Gasteiger partial charge in [-0.25, -0.2) is 17.5 Å². The lowest BCUT2D eigenvalue weighted by Gasteiger charge is -2.21. The van der Waals surface area contributed by atoms with E-state index in [-0.39, 0.29) is 62.3 Å². The summed E-state index contributed by atoms with van der Waals surface area (Å²) in [4.78, 5) is 63.4. The van der Waals surface area contributed by atoms with Gasteiger partial charge in [-0.15, -0.1) is 0 Å². The van der Waals surface area contributed by atoms with E-state index in [1.165, 1.54) is 19.1 Å². The molecule has 3 aromatic rings. The van der Waals surface area contributed by atoms with E-state index in [2.05, 4.69) is 10.6 Å². The average Bonchev–Trinajstić information content (AvgIpc) is 3.27. The molecule has 0 radical (unpaired) electrons. The lowest BCUT2D eigenvalue weighted by Crippen LogP contribution is -2.50. The molecule has 1 aliphatic heterocycles. The zero-order valence-electron chi connectivity index (χ0n) is 25.9. The summed E-state index contributed by atoms with van der Waals surface area (Å²) in [7, 11) is -3.93. The van der Waals surface area contributed by atoms with Crippen LogP contribution in [0.25, 0.3) is 0 Å². The highest BCUT2D eigenvalue weighted by Crippen LogP contribution is 2.30. The van der Waals surface area contributed by atoms with Crippen LogP contribution in [0.3, 0.4) is 0 Å². The molecule has 0 fully saturated rings. The van der Waals surface area contributed by atoms with E-state index in [9.17, 15) is 32.4 Å². The number of fused-ring (bicyclic) bond motifs is 1. The molecule has 2 atom stereocenters. The molecule has 4 rings (SSSR count). The van der Waals surface area contributed by atoms with Crippen LogP contribution in [0, 0.1) is 0 Å². The first-order valence-corrected chi connectivity index (χ1v) is 16.7. The maximum absolute atomic E-state index is 13.0. The fourth-order valence-electron chi connectivity index (χ4n) is 4.82. The molecule has 3 amide bonds. The predicted molar refractivity (Wildman–Crippen MR) is 170 cm³/mol. The van der Waals surface area contributed by atoms with Crippen LogP contribution in [0.15, 0.2) is 89.8 Å². The second-order valence-electron chi connectivity index (χ2n) is 11.0. The number of sulfonamides is 1. The van der Waals surface area contributed by atoms with Gasteiger partial charge in [0.2, 0.25) is 11.8 Å². The molecule has 2 N–H and O–H groups in total. The number of rotatable bonds is 16. The van der Waals surface area contributed by atoms with Gasteiger partial charge in [0.15, 0.2) is 0 Å². The van der Waals surface area contributed by atoms with Crippen LogP contribution in [0.1, 0.15) is 60.5 Å². The minimum atomic E-state index is -3.93. The van der Waals surface area contributed by atoms with Gasteiger partial charge in [0.05, 0.1) is 5.56 Å². The molecule has 0 aromatic heterocycles. The minimum absolute atomic E-state index is 0.0253. The van der Waals surface area contributed by atoms with E-state index in [0.29, 0.717) is 0 Å². The van der Waals surface area contributed by atoms with E-state index >= 15 is 0 Å². The van der Waals surface area contributed by atoms with Crippen molar-refractivity contribution in [3.63, 3.8) is 0 Å². The maximum atomic E-state index is 13.0. The summed E-state index contributed by atoms with van der Waals surface area (Å²) in [6.45, 7) is 1.39. The van der Waals surface area contributed by atoms with E-state index in [0.717, 1.165) is 15.4 Å². The standard InChI is InChI=1S/C34H37N3O9S/c1-24(35-30(38)18-10-11-21-37-33(41)27-16-8-9-17-29(27)47(37,43)44)32(40)36-28(34(42)46-23-26-14-6-3-7-15-26)19-20-31(39)45-22-25-12-4-2-5-13-25/h2-9,12-17,24,28H,10-11,18-23H2,1H3,(H,35,38)(H,36,40)/t24-,28+/m0/s1. The van der Waals surface area contributed by atoms with Gasteiger partial charge in [-0.05, 0) is 49.4 Å². The Bertz CT molecular complexity index is 1680. The molecule has 1 heterocycles. The largest absolute Gasteiger partial charge is 0.461 e. The van der Waals surface area contributed by atoms with Gasteiger partial charge in [-0.3, -0.25) is 19.2 Å². The van der Waals surface area contributed by atoms with Gasteiger partial charge in [0, 0.05) is 19.4 Å². The van der Waals surface area contributed by atoms with Crippen molar-refractivity contribution in [2.45, 2.75) is 69.2 Å².